The van der Waals surface area contributed by atoms with Gasteiger partial charge in [0, 0.05) is 52.2 Å². The molecule has 1 spiro atoms. The van der Waals surface area contributed by atoms with Gasteiger partial charge in [0.05, 0.1) is 35.9 Å². The van der Waals surface area contributed by atoms with Gasteiger partial charge in [-0.25, -0.2) is 4.79 Å². The third kappa shape index (κ3) is 5.33. The van der Waals surface area contributed by atoms with Crippen LogP contribution in [0.4, 0.5) is 0 Å². The number of aliphatic hydroxyl groups is 2. The second-order valence-corrected chi connectivity index (χ2v) is 18.3. The van der Waals surface area contributed by atoms with Gasteiger partial charge in [-0.3, -0.25) is 4.79 Å². The van der Waals surface area contributed by atoms with Crippen LogP contribution in [0.3, 0.4) is 0 Å². The molecule has 3 aliphatic carbocycles. The van der Waals surface area contributed by atoms with E-state index in [9.17, 15) is 30.0 Å². The van der Waals surface area contributed by atoms with Gasteiger partial charge < -0.3 is 39.5 Å². The van der Waals surface area contributed by atoms with Crippen molar-refractivity contribution in [3.05, 3.63) is 73.0 Å². The Labute approximate surface area is 327 Å². The van der Waals surface area contributed by atoms with E-state index in [1.165, 1.54) is 6.07 Å². The Bertz CT molecular complexity index is 2160. The molecule has 2 saturated carbocycles. The normalized spacial score (nSPS) is 30.5. The molecule has 4 N–H and O–H groups in total. The van der Waals surface area contributed by atoms with Crippen molar-refractivity contribution in [3.63, 3.8) is 0 Å². The number of allylic oxidation sites excluding steroid dienone is 2. The summed E-state index contributed by atoms with van der Waals surface area (Å²) in [7, 11) is 0. The van der Waals surface area contributed by atoms with Gasteiger partial charge in [-0.05, 0) is 82.6 Å². The standard InChI is InChI=1S/C44H52ClNO9/c1-20(2)9-11-24-22(4)37-31(16-30(24)48)53-39-28(36(50)35(45)23(5)34(39)41(52)54-37)19-46-18-27-25(40(46)51)15-29(47)26-17-44(55-38(26)27)21(3)10-12-32-42(6,7)33(49)13-14-43(32,44)8/h9,16,21,29,32-33,47-50H,10-15,17-19H2,1-8H3/t21-,29?,32+,33-,43+,44-/m1/s1. The van der Waals surface area contributed by atoms with Gasteiger partial charge >= 0.3 is 5.97 Å². The number of phenols is 2. The molecule has 55 heavy (non-hydrogen) atoms. The zero-order chi connectivity index (χ0) is 39.7. The second-order valence-electron chi connectivity index (χ2n) is 18.0. The molecule has 1 amide bonds. The molecule has 294 valence electrons. The molecule has 2 aromatic rings. The molecule has 0 radical (unpaired) electrons. The van der Waals surface area contributed by atoms with E-state index in [-0.39, 0.29) is 98.5 Å². The number of hydrogen-bond donors (Lipinski definition) is 4. The molecule has 11 heteroatoms. The molecule has 2 fully saturated rings. The summed E-state index contributed by atoms with van der Waals surface area (Å²) in [6.45, 7) is 16.1. The molecule has 0 bridgehead atoms. The number of phenolic OH excluding ortho intramolecular Hbond substituents is 2. The van der Waals surface area contributed by atoms with E-state index < -0.39 is 23.8 Å². The molecule has 2 aromatic carbocycles. The lowest BCUT2D eigenvalue weighted by molar-refractivity contribution is -0.227. The molecule has 3 aliphatic heterocycles. The summed E-state index contributed by atoms with van der Waals surface area (Å²) in [5, 5.41) is 45.3. The van der Waals surface area contributed by atoms with Gasteiger partial charge in [-0.15, -0.1) is 0 Å². The first-order valence-corrected chi connectivity index (χ1v) is 19.9. The molecule has 10 nitrogen and oxygen atoms in total. The van der Waals surface area contributed by atoms with Crippen LogP contribution in [0.25, 0.3) is 0 Å². The first kappa shape index (κ1) is 37.9. The van der Waals surface area contributed by atoms with E-state index in [1.54, 1.807) is 18.7 Å². The van der Waals surface area contributed by atoms with Gasteiger partial charge in [-0.1, -0.05) is 50.9 Å². The largest absolute Gasteiger partial charge is 0.508 e. The number of amides is 1. The van der Waals surface area contributed by atoms with Crippen LogP contribution in [-0.4, -0.2) is 61.6 Å². The Balaban J connectivity index is 1.14. The number of aliphatic hydroxyl groups excluding tert-OH is 2. The van der Waals surface area contributed by atoms with Crippen molar-refractivity contribution in [1.82, 2.24) is 4.90 Å². The van der Waals surface area contributed by atoms with Gasteiger partial charge in [0.2, 0.25) is 0 Å². The minimum Gasteiger partial charge on any atom is -0.508 e. The van der Waals surface area contributed by atoms with Crippen molar-refractivity contribution >= 4 is 23.5 Å². The van der Waals surface area contributed by atoms with Gasteiger partial charge in [0.1, 0.15) is 28.4 Å². The number of fused-ring (bicyclic) bond motifs is 5. The minimum atomic E-state index is -0.888. The van der Waals surface area contributed by atoms with Crippen molar-refractivity contribution in [2.45, 2.75) is 125 Å². The van der Waals surface area contributed by atoms with E-state index >= 15 is 0 Å². The van der Waals surface area contributed by atoms with Gasteiger partial charge in [0.25, 0.3) is 5.91 Å². The van der Waals surface area contributed by atoms with Crippen LogP contribution in [0, 0.1) is 36.5 Å². The topological polar surface area (TPSA) is 146 Å². The maximum Gasteiger partial charge on any atom is 0.347 e. The van der Waals surface area contributed by atoms with Crippen LogP contribution in [0.15, 0.2) is 40.2 Å². The van der Waals surface area contributed by atoms with Crippen molar-refractivity contribution in [3.8, 4) is 28.7 Å². The number of carbonyl (C=O) groups is 2. The second kappa shape index (κ2) is 12.8. The van der Waals surface area contributed by atoms with Crippen LogP contribution in [0.5, 0.6) is 28.7 Å². The summed E-state index contributed by atoms with van der Waals surface area (Å²) in [4.78, 5) is 29.7. The fraction of sp³-hybridized carbons (Fsp3) is 0.545. The zero-order valence-electron chi connectivity index (χ0n) is 33.0. The Morgan fingerprint density at radius 2 is 1.73 bits per heavy atom. The molecular formula is C44H52ClNO9. The lowest BCUT2D eigenvalue weighted by Crippen LogP contribution is -2.64. The summed E-state index contributed by atoms with van der Waals surface area (Å²) in [6.07, 6.45) is 5.20. The summed E-state index contributed by atoms with van der Waals surface area (Å²) in [5.41, 5.74) is 3.41. The van der Waals surface area contributed by atoms with Crippen LogP contribution >= 0.6 is 11.6 Å². The summed E-state index contributed by atoms with van der Waals surface area (Å²) in [6, 6.07) is 1.40. The highest BCUT2D eigenvalue weighted by atomic mass is 35.5. The molecule has 1 unspecified atom stereocenters. The molecule has 0 aromatic heterocycles. The number of nitrogens with zero attached hydrogens (tertiary/aromatic N) is 1. The number of halogens is 1. The highest BCUT2D eigenvalue weighted by Crippen LogP contribution is 2.68. The van der Waals surface area contributed by atoms with Crippen LogP contribution in [0.2, 0.25) is 5.02 Å². The summed E-state index contributed by atoms with van der Waals surface area (Å²) >= 11 is 6.68. The molecule has 6 aliphatic rings. The molecule has 3 heterocycles. The third-order valence-electron chi connectivity index (χ3n) is 14.4. The fourth-order valence-corrected chi connectivity index (χ4v) is 11.3. The number of benzene rings is 2. The molecular weight excluding hydrogens is 722 g/mol. The van der Waals surface area contributed by atoms with Crippen molar-refractivity contribution in [1.29, 1.82) is 0 Å². The van der Waals surface area contributed by atoms with Crippen molar-refractivity contribution in [2.24, 2.45) is 22.7 Å². The Morgan fingerprint density at radius 3 is 2.44 bits per heavy atom. The molecule has 8 rings (SSSR count). The van der Waals surface area contributed by atoms with E-state index in [4.69, 9.17) is 25.8 Å². The SMILES string of the molecule is CC(C)=CCc1c(O)cc2c(c1C)OC(=O)c1c(C)c(Cl)c(O)c(CN3CC4=C(CC(O)C5=C4O[C@]4(C5)[C@H](C)CC[C@H]5C(C)(C)[C@H](O)CC[C@@]54C)C3=O)c1O2. The number of carbonyl (C=O) groups excluding carboxylic acids is 2. The first-order chi connectivity index (χ1) is 25.8. The number of aromatic hydroxyl groups is 2. The summed E-state index contributed by atoms with van der Waals surface area (Å²) in [5.74, 6) is -0.202. The predicted octanol–water partition coefficient (Wildman–Crippen LogP) is 8.25. The molecule has 0 saturated heterocycles. The van der Waals surface area contributed by atoms with Gasteiger partial charge in [-0.2, -0.15) is 0 Å². The smallest absolute Gasteiger partial charge is 0.347 e. The average molecular weight is 774 g/mol. The Kier molecular flexibility index (Phi) is 8.80. The average Bonchev–Trinajstić information content (AvgIpc) is 3.63. The molecule has 6 atom stereocenters. The van der Waals surface area contributed by atoms with Crippen molar-refractivity contribution in [2.75, 3.05) is 6.54 Å². The number of rotatable bonds is 4. The van der Waals surface area contributed by atoms with Crippen LogP contribution in [-0.2, 0) is 22.5 Å². The zero-order valence-corrected chi connectivity index (χ0v) is 33.7. The highest BCUT2D eigenvalue weighted by molar-refractivity contribution is 6.33. The predicted molar refractivity (Wildman–Crippen MR) is 206 cm³/mol. The maximum atomic E-state index is 14.3. The van der Waals surface area contributed by atoms with Crippen molar-refractivity contribution < 1.29 is 44.2 Å². The lowest BCUT2D eigenvalue weighted by atomic mass is 9.43. The van der Waals surface area contributed by atoms with Crippen LogP contribution in [0.1, 0.15) is 113 Å². The fourth-order valence-electron chi connectivity index (χ4n) is 11.1. The quantitative estimate of drug-likeness (QED) is 0.137. The minimum absolute atomic E-state index is 0.00947. The monoisotopic (exact) mass is 773 g/mol. The third-order valence-corrected chi connectivity index (χ3v) is 14.9. The van der Waals surface area contributed by atoms with E-state index in [2.05, 4.69) is 27.7 Å². The number of hydrogen-bond acceptors (Lipinski definition) is 9. The lowest BCUT2D eigenvalue weighted by Gasteiger charge is -2.64. The highest BCUT2D eigenvalue weighted by Gasteiger charge is 2.68. The Morgan fingerprint density at radius 1 is 1.00 bits per heavy atom. The van der Waals surface area contributed by atoms with E-state index in [0.29, 0.717) is 41.7 Å². The number of esters is 1. The Hall–Kier alpha value is -3.99. The van der Waals surface area contributed by atoms with Crippen LogP contribution < -0.4 is 9.47 Å². The number of ether oxygens (including phenoxy) is 3. The first-order valence-electron chi connectivity index (χ1n) is 19.5. The van der Waals surface area contributed by atoms with E-state index in [0.717, 1.165) is 36.0 Å². The summed E-state index contributed by atoms with van der Waals surface area (Å²) < 4.78 is 19.6. The van der Waals surface area contributed by atoms with Gasteiger partial charge in [0.15, 0.2) is 17.2 Å². The van der Waals surface area contributed by atoms with E-state index in [1.807, 2.05) is 19.9 Å². The maximum absolute atomic E-state index is 14.3.